The second-order valence-electron chi connectivity index (χ2n) is 8.49. The van der Waals surface area contributed by atoms with E-state index in [1.807, 2.05) is 49.3 Å². The highest BCUT2D eigenvalue weighted by Crippen LogP contribution is 2.35. The second kappa shape index (κ2) is 12.5. The fourth-order valence-electron chi connectivity index (χ4n) is 3.03. The summed E-state index contributed by atoms with van der Waals surface area (Å²) in [6.07, 6.45) is 1.60. The third-order valence-electron chi connectivity index (χ3n) is 5.20. The van der Waals surface area contributed by atoms with Gasteiger partial charge in [-0.05, 0) is 30.3 Å². The number of aromatic nitrogens is 1. The van der Waals surface area contributed by atoms with Crippen molar-refractivity contribution in [2.45, 2.75) is 0 Å². The van der Waals surface area contributed by atoms with Crippen LogP contribution in [0.4, 0.5) is 22.3 Å². The van der Waals surface area contributed by atoms with Crippen molar-refractivity contribution < 1.29 is 21.6 Å². The second-order valence-corrected chi connectivity index (χ2v) is 10.7. The number of hydrogen-bond donors (Lipinski definition) is 0. The van der Waals surface area contributed by atoms with E-state index in [1.165, 1.54) is 11.3 Å². The first-order valence-electron chi connectivity index (χ1n) is 10.6. The molecule has 0 aliphatic carbocycles. The van der Waals surface area contributed by atoms with Crippen molar-refractivity contribution in [3.63, 3.8) is 0 Å². The molecule has 1 aromatic heterocycles. The minimum absolute atomic E-state index is 0.0378. The summed E-state index contributed by atoms with van der Waals surface area (Å²) < 4.78 is 32.0. The number of likely N-dealkylation sites (N-methyl/N-ethyl adjacent to an activating group) is 1. The van der Waals surface area contributed by atoms with Crippen LogP contribution in [0.25, 0.3) is 10.9 Å². The van der Waals surface area contributed by atoms with E-state index in [4.69, 9.17) is 11.8 Å². The van der Waals surface area contributed by atoms with E-state index in [-0.39, 0.29) is 5.70 Å². The maximum atomic E-state index is 9.22. The van der Waals surface area contributed by atoms with Gasteiger partial charge in [0.1, 0.15) is 5.82 Å². The van der Waals surface area contributed by atoms with Crippen molar-refractivity contribution in [2.24, 2.45) is 10.2 Å². The van der Waals surface area contributed by atoms with Crippen LogP contribution in [0, 0.1) is 17.9 Å². The molecule has 2 heterocycles. The molecular formula is C22H28N8O4S2. The summed E-state index contributed by atoms with van der Waals surface area (Å²) >= 11 is 1.34. The minimum atomic E-state index is -4.41. The Bertz CT molecular complexity index is 1260. The molecule has 1 aromatic carbocycles. The van der Waals surface area contributed by atoms with Crippen LogP contribution in [0.1, 0.15) is 4.88 Å². The Kier molecular flexibility index (Phi) is 10.0. The van der Waals surface area contributed by atoms with Gasteiger partial charge in [-0.2, -0.15) is 4.98 Å². The standard InChI is InChI=1S/C21H25N8S.CH4O4S/c1-23-17(15-22)14-19-20(28-10-12-29(4,5)13-11-28)24-21(30-19)26-25-16-6-8-18(9-7-16)27(2)3;1-5-6(2,3)4/h6-9,14H,10-13H2,2-5H3;1H3,(H,2,3,4)/q+1;/p-1/b17-14+,26-25?;. The molecule has 12 nitrogen and oxygen atoms in total. The Morgan fingerprint density at radius 1 is 1.31 bits per heavy atom. The molecule has 0 N–H and O–H groups in total. The maximum Gasteiger partial charge on any atom is 0.263 e. The highest BCUT2D eigenvalue weighted by Gasteiger charge is 2.27. The van der Waals surface area contributed by atoms with Gasteiger partial charge in [0.25, 0.3) is 5.70 Å². The van der Waals surface area contributed by atoms with Crippen LogP contribution < -0.4 is 9.80 Å². The lowest BCUT2D eigenvalue weighted by atomic mass is 10.2. The molecule has 0 spiro atoms. The summed E-state index contributed by atoms with van der Waals surface area (Å²) in [4.78, 5) is 13.0. The lowest BCUT2D eigenvalue weighted by Crippen LogP contribution is -2.55. The summed E-state index contributed by atoms with van der Waals surface area (Å²) in [5.74, 6) is 0.771. The molecule has 14 heteroatoms. The van der Waals surface area contributed by atoms with Gasteiger partial charge >= 0.3 is 0 Å². The van der Waals surface area contributed by atoms with Gasteiger partial charge in [-0.15, -0.1) is 10.2 Å². The molecule has 1 fully saturated rings. The van der Waals surface area contributed by atoms with Crippen LogP contribution in [-0.2, 0) is 14.6 Å². The molecule has 36 heavy (non-hydrogen) atoms. The average Bonchev–Trinajstić information content (AvgIpc) is 3.24. The summed E-state index contributed by atoms with van der Waals surface area (Å²) in [7, 11) is 4.80. The Balaban J connectivity index is 0.000000678. The Hall–Kier alpha value is -3.40. The van der Waals surface area contributed by atoms with E-state index in [9.17, 15) is 13.0 Å². The molecule has 0 saturated carbocycles. The van der Waals surface area contributed by atoms with Crippen molar-refractivity contribution in [3.8, 4) is 6.07 Å². The van der Waals surface area contributed by atoms with E-state index in [1.54, 1.807) is 6.08 Å². The minimum Gasteiger partial charge on any atom is -0.726 e. The maximum absolute atomic E-state index is 9.22. The lowest BCUT2D eigenvalue weighted by Gasteiger charge is -2.39. The average molecular weight is 533 g/mol. The van der Waals surface area contributed by atoms with Crippen LogP contribution in [-0.4, -0.2) is 83.9 Å². The molecule has 0 unspecified atom stereocenters. The molecule has 192 valence electrons. The van der Waals surface area contributed by atoms with Crippen LogP contribution in [0.15, 0.2) is 40.2 Å². The van der Waals surface area contributed by atoms with Crippen molar-refractivity contribution in [1.82, 2.24) is 4.98 Å². The van der Waals surface area contributed by atoms with Gasteiger partial charge < -0.3 is 18.8 Å². The van der Waals surface area contributed by atoms with E-state index >= 15 is 0 Å². The number of piperazine rings is 1. The van der Waals surface area contributed by atoms with Gasteiger partial charge in [-0.25, -0.2) is 18.5 Å². The number of allylic oxidation sites excluding steroid dienone is 1. The number of nitriles is 1. The molecular weight excluding hydrogens is 504 g/mol. The molecule has 0 atom stereocenters. The smallest absolute Gasteiger partial charge is 0.263 e. The molecule has 0 bridgehead atoms. The first kappa shape index (κ1) is 28.8. The predicted molar refractivity (Wildman–Crippen MR) is 138 cm³/mol. The van der Waals surface area contributed by atoms with Crippen molar-refractivity contribution in [3.05, 3.63) is 46.3 Å². The van der Waals surface area contributed by atoms with Crippen molar-refractivity contribution >= 4 is 50.1 Å². The number of thiazole rings is 1. The molecule has 1 aliphatic rings. The van der Waals surface area contributed by atoms with E-state index < -0.39 is 10.4 Å². The summed E-state index contributed by atoms with van der Waals surface area (Å²) in [6, 6.07) is 9.72. The number of anilines is 2. The summed E-state index contributed by atoms with van der Waals surface area (Å²) in [6.45, 7) is 10.9. The highest BCUT2D eigenvalue weighted by molar-refractivity contribution is 7.80. The van der Waals surface area contributed by atoms with Crippen molar-refractivity contribution in [1.29, 1.82) is 5.26 Å². The SMILES string of the molecule is COS(=O)(=O)[O-].[C-]#[N+]/C(C#N)=C/c1sc(N=Nc2ccc(N(C)C)cc2)nc1N1CC[N+](C)(C)CC1. The number of hydrogen-bond acceptors (Lipinski definition) is 11. The zero-order chi connectivity index (χ0) is 26.9. The Labute approximate surface area is 215 Å². The number of benzene rings is 1. The number of quaternary nitrogens is 1. The van der Waals surface area contributed by atoms with Gasteiger partial charge in [0.05, 0.1) is 70.6 Å². The normalized spacial score (nSPS) is 15.6. The quantitative estimate of drug-likeness (QED) is 0.138. The van der Waals surface area contributed by atoms with Gasteiger partial charge in [0, 0.05) is 19.8 Å². The van der Waals surface area contributed by atoms with Crippen LogP contribution in [0.2, 0.25) is 0 Å². The zero-order valence-corrected chi connectivity index (χ0v) is 22.4. The third-order valence-corrected chi connectivity index (χ3v) is 6.48. The first-order valence-corrected chi connectivity index (χ1v) is 12.8. The topological polar surface area (TPSA) is 139 Å². The van der Waals surface area contributed by atoms with Crippen LogP contribution >= 0.6 is 11.3 Å². The monoisotopic (exact) mass is 532 g/mol. The van der Waals surface area contributed by atoms with Crippen molar-refractivity contribution in [2.75, 3.05) is 71.3 Å². The molecule has 2 aromatic rings. The molecule has 0 radical (unpaired) electrons. The number of rotatable bonds is 6. The summed E-state index contributed by atoms with van der Waals surface area (Å²) in [5.41, 5.74) is 1.87. The fraction of sp³-hybridized carbons (Fsp3) is 0.409. The summed E-state index contributed by atoms with van der Waals surface area (Å²) in [5, 5.41) is 18.3. The van der Waals surface area contributed by atoms with Crippen LogP contribution in [0.5, 0.6) is 0 Å². The molecule has 0 amide bonds. The van der Waals surface area contributed by atoms with Gasteiger partial charge in [0.15, 0.2) is 0 Å². The van der Waals surface area contributed by atoms with Gasteiger partial charge in [0.2, 0.25) is 15.5 Å². The predicted octanol–water partition coefficient (Wildman–Crippen LogP) is 3.40. The van der Waals surface area contributed by atoms with E-state index in [0.717, 1.165) is 59.8 Å². The number of nitrogens with zero attached hydrogens (tertiary/aromatic N) is 8. The van der Waals surface area contributed by atoms with E-state index in [2.05, 4.69) is 43.2 Å². The number of azo groups is 1. The third kappa shape index (κ3) is 8.99. The highest BCUT2D eigenvalue weighted by atomic mass is 32.3. The van der Waals surface area contributed by atoms with E-state index in [0.29, 0.717) is 5.13 Å². The van der Waals surface area contributed by atoms with Gasteiger partial charge in [-0.1, -0.05) is 11.3 Å². The first-order chi connectivity index (χ1) is 16.9. The lowest BCUT2D eigenvalue weighted by molar-refractivity contribution is -0.890. The fourth-order valence-corrected chi connectivity index (χ4v) is 3.87. The molecule has 1 aliphatic heterocycles. The van der Waals surface area contributed by atoms with Gasteiger partial charge in [-0.3, -0.25) is 4.18 Å². The van der Waals surface area contributed by atoms with Crippen LogP contribution in [0.3, 0.4) is 0 Å². The zero-order valence-electron chi connectivity index (χ0n) is 20.7. The molecule has 1 saturated heterocycles. The Morgan fingerprint density at radius 3 is 2.36 bits per heavy atom. The Morgan fingerprint density at radius 2 is 1.89 bits per heavy atom. The molecule has 3 rings (SSSR count). The largest absolute Gasteiger partial charge is 0.726 e.